The van der Waals surface area contributed by atoms with Gasteiger partial charge in [-0.3, -0.25) is 0 Å². The summed E-state index contributed by atoms with van der Waals surface area (Å²) in [5, 5.41) is 9.11. The van der Waals surface area contributed by atoms with Crippen LogP contribution in [0.5, 0.6) is 0 Å². The molecule has 1 aromatic rings. The van der Waals surface area contributed by atoms with Crippen molar-refractivity contribution < 1.29 is 5.11 Å². The maximum atomic E-state index is 9.11. The predicted molar refractivity (Wildman–Crippen MR) is 56.6 cm³/mol. The van der Waals surface area contributed by atoms with Crippen molar-refractivity contribution in [1.82, 2.24) is 0 Å². The zero-order chi connectivity index (χ0) is 9.84. The minimum Gasteiger partial charge on any atom is -0.389 e. The van der Waals surface area contributed by atoms with Crippen molar-refractivity contribution in [1.29, 1.82) is 0 Å². The lowest BCUT2D eigenvalue weighted by Crippen LogP contribution is -1.93. The number of rotatable bonds is 2. The SMILES string of the molecule is Cc1cccc(C)c1/C=C/C(C)O. The van der Waals surface area contributed by atoms with Crippen molar-refractivity contribution in [3.8, 4) is 0 Å². The summed E-state index contributed by atoms with van der Waals surface area (Å²) in [6.45, 7) is 5.91. The quantitative estimate of drug-likeness (QED) is 0.734. The second kappa shape index (κ2) is 4.24. The van der Waals surface area contributed by atoms with E-state index >= 15 is 0 Å². The van der Waals surface area contributed by atoms with Crippen LogP contribution in [0.2, 0.25) is 0 Å². The Hall–Kier alpha value is -1.08. The van der Waals surface area contributed by atoms with Gasteiger partial charge in [0.05, 0.1) is 6.10 Å². The third kappa shape index (κ3) is 2.71. The molecule has 0 saturated heterocycles. The minimum atomic E-state index is -0.376. The fourth-order valence-electron chi connectivity index (χ4n) is 1.33. The first-order valence-corrected chi connectivity index (χ1v) is 4.53. The van der Waals surface area contributed by atoms with E-state index in [-0.39, 0.29) is 6.10 Å². The van der Waals surface area contributed by atoms with E-state index in [2.05, 4.69) is 26.0 Å². The van der Waals surface area contributed by atoms with Gasteiger partial charge in [0, 0.05) is 0 Å². The largest absolute Gasteiger partial charge is 0.389 e. The smallest absolute Gasteiger partial charge is 0.0696 e. The van der Waals surface area contributed by atoms with Crippen LogP contribution in [-0.4, -0.2) is 11.2 Å². The summed E-state index contributed by atoms with van der Waals surface area (Å²) in [7, 11) is 0. The van der Waals surface area contributed by atoms with Crippen molar-refractivity contribution in [2.75, 3.05) is 0 Å². The van der Waals surface area contributed by atoms with Gasteiger partial charge in [-0.1, -0.05) is 30.4 Å². The van der Waals surface area contributed by atoms with Gasteiger partial charge in [-0.05, 0) is 37.5 Å². The highest BCUT2D eigenvalue weighted by molar-refractivity contribution is 5.57. The van der Waals surface area contributed by atoms with Gasteiger partial charge in [-0.25, -0.2) is 0 Å². The number of benzene rings is 1. The minimum absolute atomic E-state index is 0.376. The number of aliphatic hydroxyl groups is 1. The highest BCUT2D eigenvalue weighted by Gasteiger charge is 1.97. The second-order valence-corrected chi connectivity index (χ2v) is 3.41. The van der Waals surface area contributed by atoms with Crippen LogP contribution in [0.4, 0.5) is 0 Å². The van der Waals surface area contributed by atoms with Crippen molar-refractivity contribution in [2.24, 2.45) is 0 Å². The van der Waals surface area contributed by atoms with Gasteiger partial charge in [-0.2, -0.15) is 0 Å². The average molecular weight is 176 g/mol. The standard InChI is InChI=1S/C12H16O/c1-9-5-4-6-10(2)12(9)8-7-11(3)13/h4-8,11,13H,1-3H3/b8-7+. The molecule has 1 nitrogen and oxygen atoms in total. The van der Waals surface area contributed by atoms with Gasteiger partial charge in [-0.15, -0.1) is 0 Å². The third-order valence-corrected chi connectivity index (χ3v) is 2.08. The van der Waals surface area contributed by atoms with Gasteiger partial charge < -0.3 is 5.11 Å². The molecule has 0 aliphatic heterocycles. The normalized spacial score (nSPS) is 13.5. The summed E-state index contributed by atoms with van der Waals surface area (Å²) >= 11 is 0. The van der Waals surface area contributed by atoms with Gasteiger partial charge in [0.2, 0.25) is 0 Å². The van der Waals surface area contributed by atoms with Crippen LogP contribution in [-0.2, 0) is 0 Å². The second-order valence-electron chi connectivity index (χ2n) is 3.41. The maximum Gasteiger partial charge on any atom is 0.0696 e. The van der Waals surface area contributed by atoms with E-state index in [1.54, 1.807) is 13.0 Å². The number of aryl methyl sites for hydroxylation is 2. The first-order chi connectivity index (χ1) is 6.11. The Morgan fingerprint density at radius 1 is 1.23 bits per heavy atom. The molecule has 1 unspecified atom stereocenters. The Balaban J connectivity index is 3.00. The first-order valence-electron chi connectivity index (χ1n) is 4.53. The van der Waals surface area contributed by atoms with Gasteiger partial charge in [0.25, 0.3) is 0 Å². The maximum absolute atomic E-state index is 9.11. The molecule has 0 heterocycles. The summed E-state index contributed by atoms with van der Waals surface area (Å²) in [5.41, 5.74) is 3.71. The molecule has 0 amide bonds. The highest BCUT2D eigenvalue weighted by Crippen LogP contribution is 2.14. The van der Waals surface area contributed by atoms with E-state index in [4.69, 9.17) is 5.11 Å². The Morgan fingerprint density at radius 3 is 2.23 bits per heavy atom. The number of hydrogen-bond acceptors (Lipinski definition) is 1. The zero-order valence-electron chi connectivity index (χ0n) is 8.41. The predicted octanol–water partition coefficient (Wildman–Crippen LogP) is 2.70. The molecular formula is C12H16O. The molecule has 1 aromatic carbocycles. The van der Waals surface area contributed by atoms with E-state index in [1.165, 1.54) is 16.7 Å². The summed E-state index contributed by atoms with van der Waals surface area (Å²) < 4.78 is 0. The van der Waals surface area contributed by atoms with E-state index < -0.39 is 0 Å². The molecule has 1 rings (SSSR count). The molecule has 13 heavy (non-hydrogen) atoms. The molecular weight excluding hydrogens is 160 g/mol. The summed E-state index contributed by atoms with van der Waals surface area (Å²) in [6, 6.07) is 6.20. The molecule has 70 valence electrons. The van der Waals surface area contributed by atoms with E-state index in [0.717, 1.165) is 0 Å². The molecule has 0 fully saturated rings. The molecule has 1 atom stereocenters. The number of aliphatic hydroxyl groups excluding tert-OH is 1. The van der Waals surface area contributed by atoms with Crippen molar-refractivity contribution in [3.05, 3.63) is 41.0 Å². The Bertz CT molecular complexity index is 291. The fourth-order valence-corrected chi connectivity index (χ4v) is 1.33. The van der Waals surface area contributed by atoms with Crippen molar-refractivity contribution >= 4 is 6.08 Å². The van der Waals surface area contributed by atoms with E-state index in [1.807, 2.05) is 12.1 Å². The topological polar surface area (TPSA) is 20.2 Å². The molecule has 0 aliphatic carbocycles. The van der Waals surface area contributed by atoms with Gasteiger partial charge in [0.15, 0.2) is 0 Å². The lowest BCUT2D eigenvalue weighted by molar-refractivity contribution is 0.245. The van der Waals surface area contributed by atoms with Crippen LogP contribution in [0.15, 0.2) is 24.3 Å². The van der Waals surface area contributed by atoms with Crippen LogP contribution in [0.25, 0.3) is 6.08 Å². The lowest BCUT2D eigenvalue weighted by atomic mass is 10.0. The van der Waals surface area contributed by atoms with Crippen molar-refractivity contribution in [2.45, 2.75) is 26.9 Å². The molecule has 1 N–H and O–H groups in total. The van der Waals surface area contributed by atoms with Crippen LogP contribution in [0, 0.1) is 13.8 Å². The Labute approximate surface area is 79.7 Å². The highest BCUT2D eigenvalue weighted by atomic mass is 16.3. The lowest BCUT2D eigenvalue weighted by Gasteiger charge is -2.04. The zero-order valence-corrected chi connectivity index (χ0v) is 8.41. The van der Waals surface area contributed by atoms with Crippen LogP contribution in [0.3, 0.4) is 0 Å². The Morgan fingerprint density at radius 2 is 1.77 bits per heavy atom. The molecule has 1 heteroatoms. The number of hydrogen-bond donors (Lipinski definition) is 1. The summed E-state index contributed by atoms with van der Waals surface area (Å²) in [5.74, 6) is 0. The third-order valence-electron chi connectivity index (χ3n) is 2.08. The van der Waals surface area contributed by atoms with E-state index in [9.17, 15) is 0 Å². The molecule has 0 radical (unpaired) electrons. The molecule has 0 bridgehead atoms. The molecule has 0 aromatic heterocycles. The molecule has 0 saturated carbocycles. The molecule has 0 aliphatic rings. The van der Waals surface area contributed by atoms with Gasteiger partial charge >= 0.3 is 0 Å². The van der Waals surface area contributed by atoms with E-state index in [0.29, 0.717) is 0 Å². The van der Waals surface area contributed by atoms with Crippen LogP contribution in [0.1, 0.15) is 23.6 Å². The van der Waals surface area contributed by atoms with Crippen molar-refractivity contribution in [3.63, 3.8) is 0 Å². The van der Waals surface area contributed by atoms with Crippen LogP contribution >= 0.6 is 0 Å². The summed E-state index contributed by atoms with van der Waals surface area (Å²) in [4.78, 5) is 0. The fraction of sp³-hybridized carbons (Fsp3) is 0.333. The Kier molecular flexibility index (Phi) is 3.26. The van der Waals surface area contributed by atoms with Gasteiger partial charge in [0.1, 0.15) is 0 Å². The monoisotopic (exact) mass is 176 g/mol. The first kappa shape index (κ1) is 10.0. The molecule has 0 spiro atoms. The summed E-state index contributed by atoms with van der Waals surface area (Å²) in [6.07, 6.45) is 3.41. The average Bonchev–Trinajstić information content (AvgIpc) is 2.03. The van der Waals surface area contributed by atoms with Crippen LogP contribution < -0.4 is 0 Å².